The van der Waals surface area contributed by atoms with Crippen molar-refractivity contribution in [2.75, 3.05) is 6.61 Å². The Morgan fingerprint density at radius 3 is 2.80 bits per heavy atom. The number of hydrazone groups is 1. The fraction of sp³-hybridized carbons (Fsp3) is 0.200. The Bertz CT molecular complexity index is 606. The molecular weight excluding hydrogens is 272 g/mol. The summed E-state index contributed by atoms with van der Waals surface area (Å²) in [5.41, 5.74) is 4.27. The molecule has 0 fully saturated rings. The zero-order valence-corrected chi connectivity index (χ0v) is 12.2. The second-order valence-corrected chi connectivity index (χ2v) is 5.21. The molecule has 5 heteroatoms. The summed E-state index contributed by atoms with van der Waals surface area (Å²) in [6, 6.07) is 11.5. The number of thiophene rings is 1. The number of para-hydroxylation sites is 1. The lowest BCUT2D eigenvalue weighted by atomic mass is 10.2. The van der Waals surface area contributed by atoms with E-state index in [4.69, 9.17) is 4.74 Å². The van der Waals surface area contributed by atoms with Gasteiger partial charge >= 0.3 is 0 Å². The third-order valence-electron chi connectivity index (χ3n) is 2.68. The molecule has 1 heterocycles. The summed E-state index contributed by atoms with van der Waals surface area (Å²) in [6.07, 6.45) is 0. The average molecular weight is 288 g/mol. The van der Waals surface area contributed by atoms with E-state index in [0.717, 1.165) is 16.2 Å². The molecule has 0 saturated heterocycles. The number of amides is 1. The predicted octanol–water partition coefficient (Wildman–Crippen LogP) is 2.98. The van der Waals surface area contributed by atoms with Crippen molar-refractivity contribution in [2.24, 2.45) is 5.10 Å². The lowest BCUT2D eigenvalue weighted by Gasteiger charge is -2.07. The van der Waals surface area contributed by atoms with Gasteiger partial charge < -0.3 is 4.74 Å². The first kappa shape index (κ1) is 14.3. The second-order valence-electron chi connectivity index (χ2n) is 4.26. The van der Waals surface area contributed by atoms with Crippen molar-refractivity contribution in [1.82, 2.24) is 5.43 Å². The monoisotopic (exact) mass is 288 g/mol. The normalized spacial score (nSPS) is 11.2. The number of hydrogen-bond donors (Lipinski definition) is 1. The highest BCUT2D eigenvalue weighted by molar-refractivity contribution is 7.12. The lowest BCUT2D eigenvalue weighted by molar-refractivity contribution is -0.123. The predicted molar refractivity (Wildman–Crippen MR) is 81.3 cm³/mol. The summed E-state index contributed by atoms with van der Waals surface area (Å²) >= 11 is 1.58. The Balaban J connectivity index is 1.84. The van der Waals surface area contributed by atoms with Crippen LogP contribution in [0.3, 0.4) is 0 Å². The highest BCUT2D eigenvalue weighted by Gasteiger charge is 2.04. The standard InChI is InChI=1S/C15H16N2O2S/c1-11-6-3-4-7-13(11)19-10-15(18)17-16-12(2)14-8-5-9-20-14/h3-9H,10H2,1-2H3,(H,17,18)/b16-12-. The molecule has 0 aliphatic rings. The van der Waals surface area contributed by atoms with E-state index in [1.54, 1.807) is 11.3 Å². The van der Waals surface area contributed by atoms with Gasteiger partial charge in [0.05, 0.1) is 5.71 Å². The van der Waals surface area contributed by atoms with Crippen molar-refractivity contribution in [2.45, 2.75) is 13.8 Å². The maximum atomic E-state index is 11.7. The molecule has 0 radical (unpaired) electrons. The topological polar surface area (TPSA) is 50.7 Å². The van der Waals surface area contributed by atoms with Crippen LogP contribution in [-0.2, 0) is 4.79 Å². The molecule has 4 nitrogen and oxygen atoms in total. The Hall–Kier alpha value is -2.14. The molecule has 0 aliphatic heterocycles. The number of hydrogen-bond acceptors (Lipinski definition) is 4. The van der Waals surface area contributed by atoms with Gasteiger partial charge in [0, 0.05) is 4.88 Å². The zero-order valence-electron chi connectivity index (χ0n) is 11.4. The zero-order chi connectivity index (χ0) is 14.4. The first-order valence-corrected chi connectivity index (χ1v) is 7.10. The van der Waals surface area contributed by atoms with Crippen molar-refractivity contribution < 1.29 is 9.53 Å². The molecule has 0 aliphatic carbocycles. The number of nitrogens with zero attached hydrogens (tertiary/aromatic N) is 1. The highest BCUT2D eigenvalue weighted by atomic mass is 32.1. The molecule has 2 aromatic rings. The van der Waals surface area contributed by atoms with Crippen LogP contribution >= 0.6 is 11.3 Å². The van der Waals surface area contributed by atoms with Crippen LogP contribution in [0.15, 0.2) is 46.9 Å². The summed E-state index contributed by atoms with van der Waals surface area (Å²) in [5.74, 6) is 0.436. The summed E-state index contributed by atoms with van der Waals surface area (Å²) in [5, 5.41) is 6.02. The van der Waals surface area contributed by atoms with E-state index in [-0.39, 0.29) is 12.5 Å². The van der Waals surface area contributed by atoms with Crippen molar-refractivity contribution in [3.8, 4) is 5.75 Å². The summed E-state index contributed by atoms with van der Waals surface area (Å²) in [4.78, 5) is 12.7. The van der Waals surface area contributed by atoms with Crippen LogP contribution in [0.1, 0.15) is 17.4 Å². The Labute approximate surface area is 122 Å². The van der Waals surface area contributed by atoms with Crippen LogP contribution in [-0.4, -0.2) is 18.2 Å². The van der Waals surface area contributed by atoms with Crippen LogP contribution in [0.4, 0.5) is 0 Å². The summed E-state index contributed by atoms with van der Waals surface area (Å²) in [6.45, 7) is 3.74. The number of nitrogens with one attached hydrogen (secondary N) is 1. The van der Waals surface area contributed by atoms with Gasteiger partial charge in [-0.3, -0.25) is 4.79 Å². The number of ether oxygens (including phenoxy) is 1. The van der Waals surface area contributed by atoms with Crippen LogP contribution in [0, 0.1) is 6.92 Å². The van der Waals surface area contributed by atoms with E-state index >= 15 is 0 Å². The molecule has 0 bridgehead atoms. The van der Waals surface area contributed by atoms with Crippen molar-refractivity contribution in [1.29, 1.82) is 0 Å². The van der Waals surface area contributed by atoms with Gasteiger partial charge in [-0.1, -0.05) is 24.3 Å². The molecule has 20 heavy (non-hydrogen) atoms. The number of carbonyl (C=O) groups excluding carboxylic acids is 1. The van der Waals surface area contributed by atoms with Crippen LogP contribution < -0.4 is 10.2 Å². The smallest absolute Gasteiger partial charge is 0.277 e. The van der Waals surface area contributed by atoms with Gasteiger partial charge in [-0.05, 0) is 36.9 Å². The molecule has 0 atom stereocenters. The van der Waals surface area contributed by atoms with E-state index in [1.807, 2.05) is 55.6 Å². The average Bonchev–Trinajstić information content (AvgIpc) is 2.98. The van der Waals surface area contributed by atoms with E-state index in [1.165, 1.54) is 0 Å². The maximum Gasteiger partial charge on any atom is 0.277 e. The van der Waals surface area contributed by atoms with E-state index in [0.29, 0.717) is 5.75 Å². The molecule has 104 valence electrons. The van der Waals surface area contributed by atoms with E-state index in [9.17, 15) is 4.79 Å². The fourth-order valence-electron chi connectivity index (χ4n) is 1.58. The highest BCUT2D eigenvalue weighted by Crippen LogP contribution is 2.15. The minimum atomic E-state index is -0.274. The number of rotatable bonds is 5. The van der Waals surface area contributed by atoms with Crippen LogP contribution in [0.2, 0.25) is 0 Å². The quantitative estimate of drug-likeness (QED) is 0.679. The van der Waals surface area contributed by atoms with Gasteiger partial charge in [-0.25, -0.2) is 5.43 Å². The second kappa shape index (κ2) is 6.86. The molecule has 1 aromatic carbocycles. The Kier molecular flexibility index (Phi) is 4.90. The third kappa shape index (κ3) is 3.93. The van der Waals surface area contributed by atoms with E-state index < -0.39 is 0 Å². The molecule has 0 spiro atoms. The molecule has 1 aromatic heterocycles. The van der Waals surface area contributed by atoms with Crippen LogP contribution in [0.5, 0.6) is 5.75 Å². The molecule has 1 amide bonds. The minimum absolute atomic E-state index is 0.0495. The number of benzene rings is 1. The van der Waals surface area contributed by atoms with Crippen LogP contribution in [0.25, 0.3) is 0 Å². The van der Waals surface area contributed by atoms with E-state index in [2.05, 4.69) is 10.5 Å². The Morgan fingerprint density at radius 1 is 1.30 bits per heavy atom. The number of aryl methyl sites for hydroxylation is 1. The van der Waals surface area contributed by atoms with Crippen molar-refractivity contribution in [3.63, 3.8) is 0 Å². The first-order valence-electron chi connectivity index (χ1n) is 6.22. The van der Waals surface area contributed by atoms with Gasteiger partial charge in [-0.15, -0.1) is 11.3 Å². The van der Waals surface area contributed by atoms with Gasteiger partial charge in [0.1, 0.15) is 5.75 Å². The van der Waals surface area contributed by atoms with Gasteiger partial charge in [-0.2, -0.15) is 5.10 Å². The molecule has 0 saturated carbocycles. The summed E-state index contributed by atoms with van der Waals surface area (Å²) < 4.78 is 5.44. The molecular formula is C15H16N2O2S. The SMILES string of the molecule is C/C(=N/NC(=O)COc1ccccc1C)c1cccs1. The Morgan fingerprint density at radius 2 is 2.10 bits per heavy atom. The lowest BCUT2D eigenvalue weighted by Crippen LogP contribution is -2.25. The maximum absolute atomic E-state index is 11.7. The van der Waals surface area contributed by atoms with Gasteiger partial charge in [0.25, 0.3) is 5.91 Å². The van der Waals surface area contributed by atoms with Gasteiger partial charge in [0.2, 0.25) is 0 Å². The first-order chi connectivity index (χ1) is 9.66. The summed E-state index contributed by atoms with van der Waals surface area (Å²) in [7, 11) is 0. The third-order valence-corrected chi connectivity index (χ3v) is 3.66. The van der Waals surface area contributed by atoms with Crippen molar-refractivity contribution in [3.05, 3.63) is 52.2 Å². The fourth-order valence-corrected chi connectivity index (χ4v) is 2.26. The van der Waals surface area contributed by atoms with Crippen molar-refractivity contribution >= 4 is 23.0 Å². The molecule has 2 rings (SSSR count). The largest absolute Gasteiger partial charge is 0.483 e. The molecule has 1 N–H and O–H groups in total. The number of carbonyl (C=O) groups is 1. The minimum Gasteiger partial charge on any atom is -0.483 e. The van der Waals surface area contributed by atoms with Gasteiger partial charge in [0.15, 0.2) is 6.61 Å². The molecule has 0 unspecified atom stereocenters.